The number of hydrogen-bond donors (Lipinski definition) is 4. The summed E-state index contributed by atoms with van der Waals surface area (Å²) >= 11 is 3.81. The van der Waals surface area contributed by atoms with Crippen molar-refractivity contribution >= 4 is 30.4 Å². The lowest BCUT2D eigenvalue weighted by Gasteiger charge is -2.15. The molecule has 1 rings (SSSR count). The standard InChI is InChI=1S/C8H12N2O4S/c11-6-2-1-4(9-6)7(12)10-5(3-15)8(13)14/h4-5,15H,1-3H2,(H,9,11)(H,10,12)(H,13,14)/t4-,5-/m0/s1. The fourth-order valence-corrected chi connectivity index (χ4v) is 1.52. The molecule has 0 aromatic rings. The number of aliphatic carboxylic acids is 1. The van der Waals surface area contributed by atoms with Gasteiger partial charge in [0.1, 0.15) is 12.1 Å². The van der Waals surface area contributed by atoms with Crippen LogP contribution in [0.3, 0.4) is 0 Å². The molecule has 0 aromatic carbocycles. The molecule has 15 heavy (non-hydrogen) atoms. The van der Waals surface area contributed by atoms with Gasteiger partial charge in [0.15, 0.2) is 0 Å². The van der Waals surface area contributed by atoms with E-state index in [1.54, 1.807) is 0 Å². The van der Waals surface area contributed by atoms with Crippen LogP contribution in [0.1, 0.15) is 12.8 Å². The van der Waals surface area contributed by atoms with Gasteiger partial charge in [0, 0.05) is 12.2 Å². The van der Waals surface area contributed by atoms with E-state index in [0.717, 1.165) is 0 Å². The van der Waals surface area contributed by atoms with Gasteiger partial charge in [0.25, 0.3) is 0 Å². The van der Waals surface area contributed by atoms with Gasteiger partial charge >= 0.3 is 5.97 Å². The van der Waals surface area contributed by atoms with Crippen LogP contribution in [0.5, 0.6) is 0 Å². The number of amides is 2. The number of carbonyl (C=O) groups excluding carboxylic acids is 2. The van der Waals surface area contributed by atoms with Crippen molar-refractivity contribution in [2.75, 3.05) is 5.75 Å². The van der Waals surface area contributed by atoms with Gasteiger partial charge < -0.3 is 15.7 Å². The Balaban J connectivity index is 2.47. The molecule has 0 aromatic heterocycles. The highest BCUT2D eigenvalue weighted by Crippen LogP contribution is 2.06. The molecule has 0 bridgehead atoms. The first-order valence-corrected chi connectivity index (χ1v) is 5.11. The Bertz CT molecular complexity index is 294. The van der Waals surface area contributed by atoms with Gasteiger partial charge in [0.05, 0.1) is 0 Å². The van der Waals surface area contributed by atoms with Crippen LogP contribution in [0.4, 0.5) is 0 Å². The summed E-state index contributed by atoms with van der Waals surface area (Å²) in [6, 6.07) is -1.63. The summed E-state index contributed by atoms with van der Waals surface area (Å²) in [6.45, 7) is 0. The van der Waals surface area contributed by atoms with Crippen LogP contribution < -0.4 is 10.6 Å². The number of nitrogens with one attached hydrogen (secondary N) is 2. The second-order valence-corrected chi connectivity index (χ2v) is 3.61. The second-order valence-electron chi connectivity index (χ2n) is 3.24. The highest BCUT2D eigenvalue weighted by atomic mass is 32.1. The normalized spacial score (nSPS) is 21.9. The first-order valence-electron chi connectivity index (χ1n) is 4.48. The molecule has 1 saturated heterocycles. The minimum Gasteiger partial charge on any atom is -0.480 e. The first kappa shape index (κ1) is 11.8. The third kappa shape index (κ3) is 3.12. The Labute approximate surface area is 91.8 Å². The summed E-state index contributed by atoms with van der Waals surface area (Å²) in [6.07, 6.45) is 0.709. The van der Waals surface area contributed by atoms with Crippen LogP contribution >= 0.6 is 12.6 Å². The zero-order valence-electron chi connectivity index (χ0n) is 7.90. The van der Waals surface area contributed by atoms with E-state index in [1.165, 1.54) is 0 Å². The molecule has 1 aliphatic heterocycles. The lowest BCUT2D eigenvalue weighted by molar-refractivity contribution is -0.141. The molecular weight excluding hydrogens is 220 g/mol. The van der Waals surface area contributed by atoms with Crippen molar-refractivity contribution in [3.63, 3.8) is 0 Å². The van der Waals surface area contributed by atoms with Crippen molar-refractivity contribution in [1.82, 2.24) is 10.6 Å². The van der Waals surface area contributed by atoms with E-state index in [9.17, 15) is 14.4 Å². The van der Waals surface area contributed by atoms with E-state index in [4.69, 9.17) is 5.11 Å². The maximum Gasteiger partial charge on any atom is 0.327 e. The zero-order chi connectivity index (χ0) is 11.4. The van der Waals surface area contributed by atoms with E-state index in [-0.39, 0.29) is 11.7 Å². The van der Waals surface area contributed by atoms with Crippen LogP contribution in [-0.2, 0) is 14.4 Å². The number of carboxylic acid groups (broad SMARTS) is 1. The minimum absolute atomic E-state index is 0.0156. The van der Waals surface area contributed by atoms with Crippen LogP contribution in [-0.4, -0.2) is 40.7 Å². The van der Waals surface area contributed by atoms with Gasteiger partial charge in [0.2, 0.25) is 11.8 Å². The predicted molar refractivity (Wildman–Crippen MR) is 54.6 cm³/mol. The van der Waals surface area contributed by atoms with Crippen molar-refractivity contribution in [3.8, 4) is 0 Å². The molecule has 2 amide bonds. The number of thiol groups is 1. The average molecular weight is 232 g/mol. The molecule has 6 nitrogen and oxygen atoms in total. The van der Waals surface area contributed by atoms with Gasteiger partial charge in [-0.05, 0) is 6.42 Å². The molecule has 1 heterocycles. The smallest absolute Gasteiger partial charge is 0.327 e. The molecule has 0 unspecified atom stereocenters. The topological polar surface area (TPSA) is 95.5 Å². The third-order valence-electron chi connectivity index (χ3n) is 2.11. The van der Waals surface area contributed by atoms with Gasteiger partial charge in [-0.2, -0.15) is 12.6 Å². The van der Waals surface area contributed by atoms with E-state index in [2.05, 4.69) is 23.3 Å². The first-order chi connectivity index (χ1) is 7.04. The molecule has 1 fully saturated rings. The summed E-state index contributed by atoms with van der Waals surface area (Å²) < 4.78 is 0. The van der Waals surface area contributed by atoms with E-state index >= 15 is 0 Å². The molecule has 0 saturated carbocycles. The molecule has 0 radical (unpaired) electrons. The van der Waals surface area contributed by atoms with Crippen molar-refractivity contribution in [3.05, 3.63) is 0 Å². The van der Waals surface area contributed by atoms with Crippen molar-refractivity contribution < 1.29 is 19.5 Å². The van der Waals surface area contributed by atoms with Crippen LogP contribution in [0.25, 0.3) is 0 Å². The molecule has 0 spiro atoms. The fourth-order valence-electron chi connectivity index (χ4n) is 1.27. The summed E-state index contributed by atoms with van der Waals surface area (Å²) in [5.41, 5.74) is 0. The summed E-state index contributed by atoms with van der Waals surface area (Å²) in [5, 5.41) is 13.4. The number of hydrogen-bond acceptors (Lipinski definition) is 4. The van der Waals surface area contributed by atoms with Crippen molar-refractivity contribution in [2.45, 2.75) is 24.9 Å². The maximum atomic E-state index is 11.4. The van der Waals surface area contributed by atoms with Crippen LogP contribution in [0.15, 0.2) is 0 Å². The lowest BCUT2D eigenvalue weighted by atomic mass is 10.2. The van der Waals surface area contributed by atoms with E-state index in [0.29, 0.717) is 12.8 Å². The largest absolute Gasteiger partial charge is 0.480 e. The molecule has 7 heteroatoms. The van der Waals surface area contributed by atoms with Gasteiger partial charge in [-0.25, -0.2) is 4.79 Å². The molecule has 1 aliphatic rings. The highest BCUT2D eigenvalue weighted by molar-refractivity contribution is 7.80. The fraction of sp³-hybridized carbons (Fsp3) is 0.625. The second kappa shape index (κ2) is 5.01. The molecule has 3 N–H and O–H groups in total. The van der Waals surface area contributed by atoms with E-state index < -0.39 is 24.0 Å². The Morgan fingerprint density at radius 2 is 2.33 bits per heavy atom. The average Bonchev–Trinajstić information content (AvgIpc) is 2.60. The highest BCUT2D eigenvalue weighted by Gasteiger charge is 2.29. The summed E-state index contributed by atoms with van der Waals surface area (Å²) in [4.78, 5) is 32.9. The zero-order valence-corrected chi connectivity index (χ0v) is 8.79. The number of rotatable bonds is 4. The van der Waals surface area contributed by atoms with Crippen molar-refractivity contribution in [1.29, 1.82) is 0 Å². The third-order valence-corrected chi connectivity index (χ3v) is 2.47. The van der Waals surface area contributed by atoms with Gasteiger partial charge in [-0.1, -0.05) is 0 Å². The Hall–Kier alpha value is -1.24. The maximum absolute atomic E-state index is 11.4. The van der Waals surface area contributed by atoms with E-state index in [1.807, 2.05) is 0 Å². The molecular formula is C8H12N2O4S. The minimum atomic E-state index is -1.14. The van der Waals surface area contributed by atoms with Crippen LogP contribution in [0.2, 0.25) is 0 Å². The SMILES string of the molecule is O=C1CC[C@@H](C(=O)N[C@@H](CS)C(=O)O)N1. The monoisotopic (exact) mass is 232 g/mol. The number of carbonyl (C=O) groups is 3. The van der Waals surface area contributed by atoms with Gasteiger partial charge in [-0.3, -0.25) is 9.59 Å². The quantitative estimate of drug-likeness (QED) is 0.456. The summed E-state index contributed by atoms with van der Waals surface area (Å²) in [5.74, 6) is -1.78. The molecule has 0 aliphatic carbocycles. The Morgan fingerprint density at radius 3 is 2.73 bits per heavy atom. The van der Waals surface area contributed by atoms with Gasteiger partial charge in [-0.15, -0.1) is 0 Å². The summed E-state index contributed by atoms with van der Waals surface area (Å²) in [7, 11) is 0. The van der Waals surface area contributed by atoms with Crippen molar-refractivity contribution in [2.24, 2.45) is 0 Å². The molecule has 2 atom stereocenters. The Kier molecular flexibility index (Phi) is 3.96. The van der Waals surface area contributed by atoms with Crippen LogP contribution in [0, 0.1) is 0 Å². The number of carboxylic acids is 1. The predicted octanol–water partition coefficient (Wildman–Crippen LogP) is -1.24. The molecule has 84 valence electrons. The lowest BCUT2D eigenvalue weighted by Crippen LogP contribution is -2.49. The Morgan fingerprint density at radius 1 is 1.67 bits per heavy atom.